The van der Waals surface area contributed by atoms with Crippen molar-refractivity contribution < 1.29 is 0 Å². The van der Waals surface area contributed by atoms with E-state index in [2.05, 4.69) is 51.8 Å². The van der Waals surface area contributed by atoms with Gasteiger partial charge in [-0.1, -0.05) is 19.9 Å². The Balaban J connectivity index is 2.86. The largest absolute Gasteiger partial charge is 0.399 e. The number of hydrogen-bond acceptors (Lipinski definition) is 2. The van der Waals surface area contributed by atoms with Crippen molar-refractivity contribution in [2.45, 2.75) is 40.2 Å². The van der Waals surface area contributed by atoms with Gasteiger partial charge in [0.1, 0.15) is 0 Å². The summed E-state index contributed by atoms with van der Waals surface area (Å²) >= 11 is 0. The van der Waals surface area contributed by atoms with Crippen molar-refractivity contribution in [1.82, 2.24) is 0 Å². The fourth-order valence-corrected chi connectivity index (χ4v) is 2.08. The van der Waals surface area contributed by atoms with Crippen LogP contribution in [0.25, 0.3) is 0 Å². The Morgan fingerprint density at radius 3 is 2.44 bits per heavy atom. The van der Waals surface area contributed by atoms with Crippen molar-refractivity contribution in [2.24, 2.45) is 5.92 Å². The molecule has 2 N–H and O–H groups in total. The molecule has 0 aliphatic carbocycles. The molecule has 0 saturated heterocycles. The van der Waals surface area contributed by atoms with Crippen LogP contribution in [0.5, 0.6) is 0 Å². The molecule has 1 aromatic rings. The minimum atomic E-state index is 0.542. The van der Waals surface area contributed by atoms with Crippen LogP contribution in [0.3, 0.4) is 0 Å². The minimum absolute atomic E-state index is 0.542. The van der Waals surface area contributed by atoms with Crippen LogP contribution in [-0.2, 0) is 0 Å². The zero-order chi connectivity index (χ0) is 12.3. The second kappa shape index (κ2) is 5.24. The van der Waals surface area contributed by atoms with Crippen LogP contribution in [0.15, 0.2) is 18.2 Å². The van der Waals surface area contributed by atoms with Gasteiger partial charge in [0.2, 0.25) is 0 Å². The van der Waals surface area contributed by atoms with Crippen LogP contribution < -0.4 is 10.6 Å². The SMILES string of the molecule is Cc1ccc(N)cc1N(C)C(C)CC(C)C. The summed E-state index contributed by atoms with van der Waals surface area (Å²) in [6, 6.07) is 6.65. The summed E-state index contributed by atoms with van der Waals surface area (Å²) in [6.07, 6.45) is 1.20. The number of benzene rings is 1. The average molecular weight is 220 g/mol. The molecule has 2 heteroatoms. The number of hydrogen-bond donors (Lipinski definition) is 1. The Hall–Kier alpha value is -1.18. The predicted molar refractivity (Wildman–Crippen MR) is 72.9 cm³/mol. The summed E-state index contributed by atoms with van der Waals surface area (Å²) in [5.74, 6) is 0.721. The lowest BCUT2D eigenvalue weighted by Gasteiger charge is -2.30. The summed E-state index contributed by atoms with van der Waals surface area (Å²) in [7, 11) is 2.15. The zero-order valence-corrected chi connectivity index (χ0v) is 11.1. The molecule has 0 fully saturated rings. The van der Waals surface area contributed by atoms with Gasteiger partial charge in [-0.2, -0.15) is 0 Å². The van der Waals surface area contributed by atoms with Crippen LogP contribution in [0.4, 0.5) is 11.4 Å². The molecule has 1 atom stereocenters. The highest BCUT2D eigenvalue weighted by Crippen LogP contribution is 2.25. The molecule has 2 nitrogen and oxygen atoms in total. The first kappa shape index (κ1) is 12.9. The van der Waals surface area contributed by atoms with Gasteiger partial charge in [-0.3, -0.25) is 0 Å². The summed E-state index contributed by atoms with van der Waals surface area (Å²) < 4.78 is 0. The molecule has 0 saturated carbocycles. The molecule has 0 aromatic heterocycles. The fourth-order valence-electron chi connectivity index (χ4n) is 2.08. The third kappa shape index (κ3) is 3.16. The Kier molecular flexibility index (Phi) is 4.22. The number of rotatable bonds is 4. The van der Waals surface area contributed by atoms with E-state index in [4.69, 9.17) is 5.73 Å². The van der Waals surface area contributed by atoms with E-state index in [1.165, 1.54) is 17.7 Å². The van der Waals surface area contributed by atoms with E-state index >= 15 is 0 Å². The molecule has 1 aromatic carbocycles. The number of nitrogens with zero attached hydrogens (tertiary/aromatic N) is 1. The van der Waals surface area contributed by atoms with Crippen LogP contribution in [0, 0.1) is 12.8 Å². The monoisotopic (exact) mass is 220 g/mol. The molecule has 16 heavy (non-hydrogen) atoms. The van der Waals surface area contributed by atoms with Crippen LogP contribution in [0.1, 0.15) is 32.8 Å². The molecule has 1 unspecified atom stereocenters. The van der Waals surface area contributed by atoms with Crippen molar-refractivity contribution in [3.05, 3.63) is 23.8 Å². The van der Waals surface area contributed by atoms with Gasteiger partial charge < -0.3 is 10.6 Å². The maximum absolute atomic E-state index is 5.84. The first-order chi connectivity index (χ1) is 7.41. The van der Waals surface area contributed by atoms with E-state index in [1.807, 2.05) is 6.07 Å². The summed E-state index contributed by atoms with van der Waals surface area (Å²) in [6.45, 7) is 8.92. The number of nitrogen functional groups attached to an aromatic ring is 1. The van der Waals surface area contributed by atoms with Crippen molar-refractivity contribution in [3.63, 3.8) is 0 Å². The maximum atomic E-state index is 5.84. The van der Waals surface area contributed by atoms with Crippen LogP contribution >= 0.6 is 0 Å². The molecule has 0 aliphatic rings. The Morgan fingerprint density at radius 1 is 1.25 bits per heavy atom. The van der Waals surface area contributed by atoms with Gasteiger partial charge >= 0.3 is 0 Å². The van der Waals surface area contributed by atoms with Crippen molar-refractivity contribution in [1.29, 1.82) is 0 Å². The van der Waals surface area contributed by atoms with Crippen LogP contribution in [-0.4, -0.2) is 13.1 Å². The van der Waals surface area contributed by atoms with Gasteiger partial charge in [-0.05, 0) is 43.9 Å². The molecule has 0 amide bonds. The topological polar surface area (TPSA) is 29.3 Å². The number of aryl methyl sites for hydroxylation is 1. The lowest BCUT2D eigenvalue weighted by Crippen LogP contribution is -2.30. The van der Waals surface area contributed by atoms with Crippen molar-refractivity contribution in [3.8, 4) is 0 Å². The molecule has 0 heterocycles. The Morgan fingerprint density at radius 2 is 1.88 bits per heavy atom. The quantitative estimate of drug-likeness (QED) is 0.787. The van der Waals surface area contributed by atoms with E-state index in [-0.39, 0.29) is 0 Å². The Bertz CT molecular complexity index is 345. The average Bonchev–Trinajstić information content (AvgIpc) is 2.19. The highest BCUT2D eigenvalue weighted by molar-refractivity contribution is 5.60. The third-order valence-corrected chi connectivity index (χ3v) is 3.09. The van der Waals surface area contributed by atoms with Crippen molar-refractivity contribution in [2.75, 3.05) is 17.7 Å². The van der Waals surface area contributed by atoms with Gasteiger partial charge in [-0.25, -0.2) is 0 Å². The molecule has 1 rings (SSSR count). The predicted octanol–water partition coefficient (Wildman–Crippen LogP) is 3.45. The van der Waals surface area contributed by atoms with E-state index in [9.17, 15) is 0 Å². The van der Waals surface area contributed by atoms with E-state index < -0.39 is 0 Å². The lowest BCUT2D eigenvalue weighted by atomic mass is 10.0. The molecule has 0 aliphatic heterocycles. The summed E-state index contributed by atoms with van der Waals surface area (Å²) in [5, 5.41) is 0. The second-order valence-electron chi connectivity index (χ2n) is 5.14. The van der Waals surface area contributed by atoms with Gasteiger partial charge in [0, 0.05) is 24.5 Å². The highest BCUT2D eigenvalue weighted by Gasteiger charge is 2.13. The minimum Gasteiger partial charge on any atom is -0.399 e. The zero-order valence-electron chi connectivity index (χ0n) is 11.1. The highest BCUT2D eigenvalue weighted by atomic mass is 15.1. The van der Waals surface area contributed by atoms with Gasteiger partial charge in [-0.15, -0.1) is 0 Å². The molecule has 0 radical (unpaired) electrons. The molecule has 0 bridgehead atoms. The molecule has 90 valence electrons. The summed E-state index contributed by atoms with van der Waals surface area (Å²) in [5.41, 5.74) is 9.21. The van der Waals surface area contributed by atoms with Gasteiger partial charge in [0.05, 0.1) is 0 Å². The van der Waals surface area contributed by atoms with E-state index in [1.54, 1.807) is 0 Å². The first-order valence-electron chi connectivity index (χ1n) is 6.00. The molecular formula is C14H24N2. The maximum Gasteiger partial charge on any atom is 0.0416 e. The smallest absolute Gasteiger partial charge is 0.0416 e. The van der Waals surface area contributed by atoms with Gasteiger partial charge in [0.25, 0.3) is 0 Å². The standard InChI is InChI=1S/C14H24N2/c1-10(2)8-12(4)16(5)14-9-13(15)7-6-11(14)3/h6-7,9-10,12H,8,15H2,1-5H3. The number of anilines is 2. The second-order valence-corrected chi connectivity index (χ2v) is 5.14. The van der Waals surface area contributed by atoms with E-state index in [0.717, 1.165) is 11.6 Å². The third-order valence-electron chi connectivity index (χ3n) is 3.09. The Labute approximate surface area is 99.5 Å². The molecule has 0 spiro atoms. The van der Waals surface area contributed by atoms with Crippen molar-refractivity contribution >= 4 is 11.4 Å². The van der Waals surface area contributed by atoms with Crippen LogP contribution in [0.2, 0.25) is 0 Å². The fraction of sp³-hybridized carbons (Fsp3) is 0.571. The normalized spacial score (nSPS) is 12.9. The summed E-state index contributed by atoms with van der Waals surface area (Å²) in [4.78, 5) is 2.33. The molecular weight excluding hydrogens is 196 g/mol. The first-order valence-corrected chi connectivity index (χ1v) is 6.00. The number of nitrogens with two attached hydrogens (primary N) is 1. The van der Waals surface area contributed by atoms with Gasteiger partial charge in [0.15, 0.2) is 0 Å². The van der Waals surface area contributed by atoms with E-state index in [0.29, 0.717) is 6.04 Å². The lowest BCUT2D eigenvalue weighted by molar-refractivity contribution is 0.504.